The molecule has 1 aliphatic heterocycles. The summed E-state index contributed by atoms with van der Waals surface area (Å²) in [6.45, 7) is 7.65. The van der Waals surface area contributed by atoms with Crippen molar-refractivity contribution in [2.45, 2.75) is 45.7 Å². The van der Waals surface area contributed by atoms with Crippen LogP contribution in [0.5, 0.6) is 0 Å². The normalized spacial score (nSPS) is 16.9. The number of carbonyl (C=O) groups excluding carboxylic acids is 1. The average Bonchev–Trinajstić information content (AvgIpc) is 2.94. The highest BCUT2D eigenvalue weighted by Crippen LogP contribution is 2.21. The lowest BCUT2D eigenvalue weighted by atomic mass is 10.0. The Morgan fingerprint density at radius 2 is 1.88 bits per heavy atom. The maximum Gasteiger partial charge on any atom is 0.245 e. The van der Waals surface area contributed by atoms with Gasteiger partial charge in [0.2, 0.25) is 5.91 Å². The van der Waals surface area contributed by atoms with Gasteiger partial charge in [0.05, 0.1) is 0 Å². The Kier molecular flexibility index (Phi) is 4.83. The third kappa shape index (κ3) is 3.42. The van der Waals surface area contributed by atoms with Gasteiger partial charge in [-0.1, -0.05) is 0 Å². The lowest BCUT2D eigenvalue weighted by Crippen LogP contribution is -2.45. The molecule has 24 heavy (non-hydrogen) atoms. The summed E-state index contributed by atoms with van der Waals surface area (Å²) < 4.78 is 2.12. The van der Waals surface area contributed by atoms with Gasteiger partial charge in [0, 0.05) is 36.7 Å². The molecular weight excluding hydrogens is 302 g/mol. The highest BCUT2D eigenvalue weighted by Gasteiger charge is 2.27. The molecule has 2 aromatic rings. The van der Waals surface area contributed by atoms with Gasteiger partial charge in [-0.3, -0.25) is 4.79 Å². The number of piperidine rings is 1. The first-order valence-corrected chi connectivity index (χ1v) is 8.53. The number of aromatic nitrogens is 3. The molecule has 3 heterocycles. The van der Waals surface area contributed by atoms with Crippen LogP contribution in [0.4, 0.5) is 5.82 Å². The molecule has 3 rings (SSSR count). The van der Waals surface area contributed by atoms with E-state index in [0.717, 1.165) is 43.1 Å². The molecule has 6 heteroatoms. The van der Waals surface area contributed by atoms with E-state index in [4.69, 9.17) is 0 Å². The van der Waals surface area contributed by atoms with Crippen LogP contribution in [0.25, 0.3) is 0 Å². The van der Waals surface area contributed by atoms with Gasteiger partial charge in [-0.2, -0.15) is 5.10 Å². The van der Waals surface area contributed by atoms with E-state index in [1.807, 2.05) is 37.8 Å². The number of amides is 1. The van der Waals surface area contributed by atoms with E-state index < -0.39 is 0 Å². The summed E-state index contributed by atoms with van der Waals surface area (Å²) >= 11 is 0. The lowest BCUT2D eigenvalue weighted by Gasteiger charge is -2.34. The number of anilines is 1. The zero-order valence-electron chi connectivity index (χ0n) is 14.6. The molecule has 2 aromatic heterocycles. The Hall–Kier alpha value is -2.37. The van der Waals surface area contributed by atoms with Gasteiger partial charge >= 0.3 is 0 Å². The summed E-state index contributed by atoms with van der Waals surface area (Å²) in [6, 6.07) is 8.12. The number of rotatable bonds is 4. The van der Waals surface area contributed by atoms with Crippen LogP contribution >= 0.6 is 0 Å². The Balaban J connectivity index is 1.57. The Bertz CT molecular complexity index is 669. The summed E-state index contributed by atoms with van der Waals surface area (Å²) in [6.07, 6.45) is 3.52. The minimum Gasteiger partial charge on any atom is -0.366 e. The van der Waals surface area contributed by atoms with Gasteiger partial charge < -0.3 is 14.8 Å². The molecule has 6 nitrogen and oxygen atoms in total. The van der Waals surface area contributed by atoms with Crippen molar-refractivity contribution in [3.05, 3.63) is 41.9 Å². The molecule has 0 radical (unpaired) electrons. The number of carbonyl (C=O) groups is 1. The molecule has 1 amide bonds. The van der Waals surface area contributed by atoms with Crippen LogP contribution in [0.3, 0.4) is 0 Å². The number of likely N-dealkylation sites (tertiary alicyclic amines) is 1. The standard InChI is InChI=1S/C18H25N5O/c1-13-6-7-14(2)23(13)15(3)18(24)22-11-8-16(9-12-22)20-17-5-4-10-19-21-17/h4-7,10,15-16H,8-9,11-12H2,1-3H3,(H,20,21)/t15-/m1/s1. The first-order valence-electron chi connectivity index (χ1n) is 8.53. The average molecular weight is 327 g/mol. The summed E-state index contributed by atoms with van der Waals surface area (Å²) in [4.78, 5) is 14.8. The third-order valence-electron chi connectivity index (χ3n) is 4.80. The fourth-order valence-corrected chi connectivity index (χ4v) is 3.50. The monoisotopic (exact) mass is 327 g/mol. The zero-order chi connectivity index (χ0) is 17.1. The second-order valence-corrected chi connectivity index (χ2v) is 6.51. The predicted molar refractivity (Wildman–Crippen MR) is 93.9 cm³/mol. The van der Waals surface area contributed by atoms with Gasteiger partial charge in [-0.25, -0.2) is 0 Å². The molecular formula is C18H25N5O. The van der Waals surface area contributed by atoms with Gasteiger partial charge in [0.15, 0.2) is 0 Å². The van der Waals surface area contributed by atoms with Crippen molar-refractivity contribution in [2.24, 2.45) is 0 Å². The maximum absolute atomic E-state index is 12.8. The van der Waals surface area contributed by atoms with Crippen LogP contribution in [-0.4, -0.2) is 44.7 Å². The number of nitrogens with zero attached hydrogens (tertiary/aromatic N) is 4. The van der Waals surface area contributed by atoms with E-state index in [0.29, 0.717) is 6.04 Å². The largest absolute Gasteiger partial charge is 0.366 e. The number of hydrogen-bond donors (Lipinski definition) is 1. The van der Waals surface area contributed by atoms with E-state index in [2.05, 4.69) is 32.2 Å². The fraction of sp³-hybridized carbons (Fsp3) is 0.500. The van der Waals surface area contributed by atoms with Crippen LogP contribution in [0, 0.1) is 13.8 Å². The molecule has 1 saturated heterocycles. The molecule has 1 atom stereocenters. The zero-order valence-corrected chi connectivity index (χ0v) is 14.6. The van der Waals surface area contributed by atoms with Crippen molar-refractivity contribution in [2.75, 3.05) is 18.4 Å². The fourth-order valence-electron chi connectivity index (χ4n) is 3.50. The molecule has 0 spiro atoms. The highest BCUT2D eigenvalue weighted by molar-refractivity contribution is 5.80. The number of nitrogens with one attached hydrogen (secondary N) is 1. The molecule has 0 aliphatic carbocycles. The topological polar surface area (TPSA) is 63.1 Å². The predicted octanol–water partition coefficient (Wildman–Crippen LogP) is 2.56. The molecule has 0 saturated carbocycles. The van der Waals surface area contributed by atoms with E-state index in [9.17, 15) is 4.79 Å². The highest BCUT2D eigenvalue weighted by atomic mass is 16.2. The van der Waals surface area contributed by atoms with Crippen molar-refractivity contribution in [3.8, 4) is 0 Å². The Morgan fingerprint density at radius 3 is 2.46 bits per heavy atom. The van der Waals surface area contributed by atoms with E-state index >= 15 is 0 Å². The van der Waals surface area contributed by atoms with Crippen molar-refractivity contribution in [3.63, 3.8) is 0 Å². The first-order chi connectivity index (χ1) is 11.6. The summed E-state index contributed by atoms with van der Waals surface area (Å²) in [5, 5.41) is 11.3. The number of aryl methyl sites for hydroxylation is 2. The second-order valence-electron chi connectivity index (χ2n) is 6.51. The second kappa shape index (κ2) is 7.03. The van der Waals surface area contributed by atoms with Crippen molar-refractivity contribution < 1.29 is 4.79 Å². The van der Waals surface area contributed by atoms with Crippen LogP contribution in [0.1, 0.15) is 37.2 Å². The first kappa shape index (κ1) is 16.5. The quantitative estimate of drug-likeness (QED) is 0.937. The minimum absolute atomic E-state index is 0.149. The van der Waals surface area contributed by atoms with Crippen molar-refractivity contribution in [1.29, 1.82) is 0 Å². The van der Waals surface area contributed by atoms with Crippen LogP contribution < -0.4 is 5.32 Å². The van der Waals surface area contributed by atoms with E-state index in [1.54, 1.807) is 6.20 Å². The Morgan fingerprint density at radius 1 is 1.21 bits per heavy atom. The summed E-state index contributed by atoms with van der Waals surface area (Å²) in [5.74, 6) is 1.00. The number of hydrogen-bond acceptors (Lipinski definition) is 4. The molecule has 0 unspecified atom stereocenters. The van der Waals surface area contributed by atoms with Gasteiger partial charge in [-0.15, -0.1) is 5.10 Å². The smallest absolute Gasteiger partial charge is 0.245 e. The van der Waals surface area contributed by atoms with Gasteiger partial charge in [-0.05, 0) is 57.9 Å². The maximum atomic E-state index is 12.8. The minimum atomic E-state index is -0.149. The molecule has 1 fully saturated rings. The molecule has 1 N–H and O–H groups in total. The van der Waals surface area contributed by atoms with Crippen LogP contribution in [0.15, 0.2) is 30.5 Å². The SMILES string of the molecule is Cc1ccc(C)n1[C@H](C)C(=O)N1CCC(Nc2cccnn2)CC1. The molecule has 0 aromatic carbocycles. The van der Waals surface area contributed by atoms with Crippen molar-refractivity contribution in [1.82, 2.24) is 19.7 Å². The summed E-state index contributed by atoms with van der Waals surface area (Å²) in [7, 11) is 0. The van der Waals surface area contributed by atoms with Gasteiger partial charge in [0.1, 0.15) is 11.9 Å². The lowest BCUT2D eigenvalue weighted by molar-refractivity contribution is -0.135. The molecule has 128 valence electrons. The molecule has 0 bridgehead atoms. The van der Waals surface area contributed by atoms with E-state index in [1.165, 1.54) is 0 Å². The molecule has 1 aliphatic rings. The summed E-state index contributed by atoms with van der Waals surface area (Å²) in [5.41, 5.74) is 2.26. The Labute approximate surface area is 142 Å². The van der Waals surface area contributed by atoms with E-state index in [-0.39, 0.29) is 11.9 Å². The van der Waals surface area contributed by atoms with Crippen molar-refractivity contribution >= 4 is 11.7 Å². The van der Waals surface area contributed by atoms with Gasteiger partial charge in [0.25, 0.3) is 0 Å². The van der Waals surface area contributed by atoms with Crippen LogP contribution in [0.2, 0.25) is 0 Å². The third-order valence-corrected chi connectivity index (χ3v) is 4.80. The van der Waals surface area contributed by atoms with Crippen LogP contribution in [-0.2, 0) is 4.79 Å².